The second-order valence-electron chi connectivity index (χ2n) is 7.35. The van der Waals surface area contributed by atoms with Crippen molar-refractivity contribution in [1.29, 1.82) is 0 Å². The highest BCUT2D eigenvalue weighted by molar-refractivity contribution is 5.91. The van der Waals surface area contributed by atoms with Crippen LogP contribution in [0.5, 0.6) is 11.5 Å². The molecule has 7 nitrogen and oxygen atoms in total. The van der Waals surface area contributed by atoms with Crippen LogP contribution in [0.15, 0.2) is 60.7 Å². The fourth-order valence-electron chi connectivity index (χ4n) is 4.25. The van der Waals surface area contributed by atoms with Gasteiger partial charge in [0.15, 0.2) is 17.2 Å². The van der Waals surface area contributed by atoms with Crippen molar-refractivity contribution in [3.05, 3.63) is 88.8 Å². The van der Waals surface area contributed by atoms with Crippen LogP contribution >= 0.6 is 0 Å². The SMILES string of the molecule is O=CC=Cn1nc(C(=O)O)c2c1CC(c1ccccc1)(c1ccc3c(c1)OCO3)C=C2. The molecule has 0 bridgehead atoms. The average Bonchev–Trinajstić information content (AvgIpc) is 3.41. The maximum absolute atomic E-state index is 11.8. The molecule has 2 aliphatic rings. The first-order valence-corrected chi connectivity index (χ1v) is 9.74. The zero-order valence-electron chi connectivity index (χ0n) is 16.4. The van der Waals surface area contributed by atoms with Gasteiger partial charge >= 0.3 is 5.97 Å². The summed E-state index contributed by atoms with van der Waals surface area (Å²) in [4.78, 5) is 22.6. The number of allylic oxidation sites excluding steroid dienone is 2. The molecule has 3 aromatic rings. The first-order valence-electron chi connectivity index (χ1n) is 9.74. The van der Waals surface area contributed by atoms with E-state index in [1.54, 1.807) is 6.08 Å². The topological polar surface area (TPSA) is 90.7 Å². The lowest BCUT2D eigenvalue weighted by molar-refractivity contribution is -0.104. The van der Waals surface area contributed by atoms with Gasteiger partial charge in [-0.1, -0.05) is 48.6 Å². The summed E-state index contributed by atoms with van der Waals surface area (Å²) >= 11 is 0. The summed E-state index contributed by atoms with van der Waals surface area (Å²) in [6, 6.07) is 15.8. The molecule has 1 N–H and O–H groups in total. The molecule has 0 spiro atoms. The number of hydrogen-bond acceptors (Lipinski definition) is 5. The van der Waals surface area contributed by atoms with E-state index in [4.69, 9.17) is 9.47 Å². The molecule has 1 aromatic heterocycles. The van der Waals surface area contributed by atoms with Crippen LogP contribution in [0.2, 0.25) is 0 Å². The van der Waals surface area contributed by atoms with Crippen molar-refractivity contribution < 1.29 is 24.2 Å². The number of hydrogen-bond donors (Lipinski definition) is 1. The molecule has 5 rings (SSSR count). The molecule has 1 atom stereocenters. The molecule has 0 amide bonds. The van der Waals surface area contributed by atoms with Crippen LogP contribution in [0.3, 0.4) is 0 Å². The molecule has 1 unspecified atom stereocenters. The summed E-state index contributed by atoms with van der Waals surface area (Å²) in [5.41, 5.74) is 2.63. The highest BCUT2D eigenvalue weighted by Gasteiger charge is 2.39. The first-order chi connectivity index (χ1) is 15.1. The Kier molecular flexibility index (Phi) is 4.43. The minimum absolute atomic E-state index is 0.0471. The number of aromatic nitrogens is 2. The van der Waals surface area contributed by atoms with Crippen molar-refractivity contribution in [2.75, 3.05) is 6.79 Å². The molecule has 31 heavy (non-hydrogen) atoms. The summed E-state index contributed by atoms with van der Waals surface area (Å²) in [5, 5.41) is 13.8. The molecule has 2 heterocycles. The van der Waals surface area contributed by atoms with Crippen LogP contribution in [-0.4, -0.2) is 33.9 Å². The van der Waals surface area contributed by atoms with Crippen LogP contribution in [0.4, 0.5) is 0 Å². The van der Waals surface area contributed by atoms with E-state index in [1.807, 2.05) is 54.6 Å². The number of carboxylic acid groups (broad SMARTS) is 1. The van der Waals surface area contributed by atoms with Gasteiger partial charge < -0.3 is 14.6 Å². The molecule has 1 aliphatic carbocycles. The Hall–Kier alpha value is -4.13. The number of carbonyl (C=O) groups is 2. The minimum atomic E-state index is -1.12. The minimum Gasteiger partial charge on any atom is -0.476 e. The molecule has 2 aromatic carbocycles. The number of benzene rings is 2. The molecular formula is C24H18N2O5. The van der Waals surface area contributed by atoms with Crippen LogP contribution < -0.4 is 9.47 Å². The monoisotopic (exact) mass is 414 g/mol. The Morgan fingerprint density at radius 1 is 1.10 bits per heavy atom. The molecule has 0 fully saturated rings. The van der Waals surface area contributed by atoms with Gasteiger partial charge in [0.1, 0.15) is 6.29 Å². The number of aldehydes is 1. The summed E-state index contributed by atoms with van der Waals surface area (Å²) < 4.78 is 12.5. The number of aromatic carboxylic acids is 1. The first kappa shape index (κ1) is 18.9. The zero-order chi connectivity index (χ0) is 21.4. The number of fused-ring (bicyclic) bond motifs is 2. The van der Waals surface area contributed by atoms with E-state index in [0.29, 0.717) is 35.5 Å². The second kappa shape index (κ2) is 7.28. The lowest BCUT2D eigenvalue weighted by Gasteiger charge is -2.35. The maximum atomic E-state index is 11.8. The second-order valence-corrected chi connectivity index (χ2v) is 7.35. The fraction of sp³-hybridized carbons (Fsp3) is 0.125. The molecule has 0 radical (unpaired) electrons. The molecule has 7 heteroatoms. The van der Waals surface area contributed by atoms with Crippen LogP contribution in [0.1, 0.15) is 32.9 Å². The average molecular weight is 414 g/mol. The van der Waals surface area contributed by atoms with E-state index < -0.39 is 11.4 Å². The number of nitrogens with zero attached hydrogens (tertiary/aromatic N) is 2. The van der Waals surface area contributed by atoms with E-state index in [0.717, 1.165) is 11.1 Å². The number of ether oxygens (including phenoxy) is 2. The van der Waals surface area contributed by atoms with Crippen LogP contribution in [0, 0.1) is 0 Å². The summed E-state index contributed by atoms with van der Waals surface area (Å²) in [5.74, 6) is 0.251. The molecule has 0 saturated heterocycles. The van der Waals surface area contributed by atoms with Gasteiger partial charge in [-0.3, -0.25) is 4.79 Å². The summed E-state index contributed by atoms with van der Waals surface area (Å²) in [6.45, 7) is 0.183. The highest BCUT2D eigenvalue weighted by atomic mass is 16.7. The fourth-order valence-corrected chi connectivity index (χ4v) is 4.25. The van der Waals surface area contributed by atoms with E-state index in [1.165, 1.54) is 17.0 Å². The van der Waals surface area contributed by atoms with Gasteiger partial charge in [0.2, 0.25) is 6.79 Å². The normalized spacial score (nSPS) is 18.8. The Morgan fingerprint density at radius 2 is 1.90 bits per heavy atom. The molecular weight excluding hydrogens is 396 g/mol. The van der Waals surface area contributed by atoms with Gasteiger partial charge in [-0.2, -0.15) is 5.10 Å². The third-order valence-electron chi connectivity index (χ3n) is 5.72. The molecule has 154 valence electrons. The predicted molar refractivity (Wildman–Crippen MR) is 113 cm³/mol. The van der Waals surface area contributed by atoms with Gasteiger partial charge in [0.05, 0.1) is 5.69 Å². The third-order valence-corrected chi connectivity index (χ3v) is 5.72. The molecule has 0 saturated carbocycles. The predicted octanol–water partition coefficient (Wildman–Crippen LogP) is 3.54. The largest absolute Gasteiger partial charge is 0.476 e. The molecule has 1 aliphatic heterocycles. The zero-order valence-corrected chi connectivity index (χ0v) is 16.4. The van der Waals surface area contributed by atoms with Gasteiger partial charge in [-0.25, -0.2) is 9.48 Å². The van der Waals surface area contributed by atoms with Crippen LogP contribution in [-0.2, 0) is 16.6 Å². The lowest BCUT2D eigenvalue weighted by atomic mass is 9.68. The highest BCUT2D eigenvalue weighted by Crippen LogP contribution is 2.45. The Morgan fingerprint density at radius 3 is 2.68 bits per heavy atom. The van der Waals surface area contributed by atoms with Gasteiger partial charge in [0, 0.05) is 23.6 Å². The standard InChI is InChI=1S/C24H18N2O5/c27-12-4-11-26-19-14-24(16-5-2-1-3-6-16,10-9-18(19)22(25-26)23(28)29)17-7-8-20-21(13-17)31-15-30-20/h1-13H,14-15H2,(H,28,29). The van der Waals surface area contributed by atoms with Crippen molar-refractivity contribution in [2.24, 2.45) is 0 Å². The van der Waals surface area contributed by atoms with Crippen molar-refractivity contribution in [1.82, 2.24) is 9.78 Å². The van der Waals surface area contributed by atoms with Crippen molar-refractivity contribution in [2.45, 2.75) is 11.8 Å². The Bertz CT molecular complexity index is 1240. The van der Waals surface area contributed by atoms with E-state index in [9.17, 15) is 14.7 Å². The summed E-state index contributed by atoms with van der Waals surface area (Å²) in [7, 11) is 0. The Labute approximate surface area is 177 Å². The lowest BCUT2D eigenvalue weighted by Crippen LogP contribution is -2.31. The summed E-state index contributed by atoms with van der Waals surface area (Å²) in [6.07, 6.45) is 7.68. The number of carbonyl (C=O) groups excluding carboxylic acids is 1. The van der Waals surface area contributed by atoms with Crippen LogP contribution in [0.25, 0.3) is 12.3 Å². The third kappa shape index (κ3) is 3.02. The quantitative estimate of drug-likeness (QED) is 0.507. The van der Waals surface area contributed by atoms with E-state index in [-0.39, 0.29) is 12.5 Å². The van der Waals surface area contributed by atoms with Crippen molar-refractivity contribution in [3.63, 3.8) is 0 Å². The number of rotatable bonds is 5. The van der Waals surface area contributed by atoms with E-state index in [2.05, 4.69) is 5.10 Å². The number of carboxylic acids is 1. The van der Waals surface area contributed by atoms with Gasteiger partial charge in [-0.15, -0.1) is 0 Å². The van der Waals surface area contributed by atoms with Gasteiger partial charge in [0.25, 0.3) is 0 Å². The van der Waals surface area contributed by atoms with Gasteiger partial charge in [-0.05, 0) is 29.3 Å². The van der Waals surface area contributed by atoms with Crippen molar-refractivity contribution in [3.8, 4) is 11.5 Å². The Balaban J connectivity index is 1.72. The maximum Gasteiger partial charge on any atom is 0.357 e. The van der Waals surface area contributed by atoms with E-state index >= 15 is 0 Å². The van der Waals surface area contributed by atoms with Crippen molar-refractivity contribution >= 4 is 24.5 Å². The smallest absolute Gasteiger partial charge is 0.357 e.